The molecule has 0 bridgehead atoms. The van der Waals surface area contributed by atoms with E-state index in [9.17, 15) is 9.59 Å². The molecule has 0 amide bonds. The minimum Gasteiger partial charge on any atom is -0.493 e. The molecule has 3 rings (SSSR count). The van der Waals surface area contributed by atoms with Gasteiger partial charge in [0.25, 0.3) is 5.56 Å². The highest BCUT2D eigenvalue weighted by atomic mass is 16.5. The van der Waals surface area contributed by atoms with E-state index in [0.29, 0.717) is 12.4 Å². The SMILES string of the molecule is COc1cccc2c1OC(CNCCCNc1cc(=O)n(C)c(=O)n1C)CC2. The maximum absolute atomic E-state index is 11.9. The van der Waals surface area contributed by atoms with Crippen LogP contribution >= 0.6 is 0 Å². The Bertz CT molecular complexity index is 921. The number of hydrogen-bond donors (Lipinski definition) is 2. The Balaban J connectivity index is 1.41. The van der Waals surface area contributed by atoms with Gasteiger partial charge in [0.1, 0.15) is 11.9 Å². The van der Waals surface area contributed by atoms with Gasteiger partial charge >= 0.3 is 5.69 Å². The highest BCUT2D eigenvalue weighted by Gasteiger charge is 2.22. The molecule has 2 aromatic rings. The van der Waals surface area contributed by atoms with E-state index in [0.717, 1.165) is 48.4 Å². The van der Waals surface area contributed by atoms with E-state index in [1.54, 1.807) is 14.2 Å². The molecule has 1 unspecified atom stereocenters. The Morgan fingerprint density at radius 3 is 2.82 bits per heavy atom. The number of nitrogens with one attached hydrogen (secondary N) is 2. The summed E-state index contributed by atoms with van der Waals surface area (Å²) in [4.78, 5) is 23.6. The van der Waals surface area contributed by atoms with Crippen LogP contribution in [0.3, 0.4) is 0 Å². The lowest BCUT2D eigenvalue weighted by Gasteiger charge is -2.27. The summed E-state index contributed by atoms with van der Waals surface area (Å²) in [6.45, 7) is 2.24. The Hall–Kier alpha value is -2.74. The fraction of sp³-hybridized carbons (Fsp3) is 0.500. The quantitative estimate of drug-likeness (QED) is 0.653. The van der Waals surface area contributed by atoms with Crippen molar-refractivity contribution in [2.24, 2.45) is 14.1 Å². The molecule has 0 aliphatic carbocycles. The summed E-state index contributed by atoms with van der Waals surface area (Å²) in [5.74, 6) is 2.18. The molecule has 0 saturated carbocycles. The maximum Gasteiger partial charge on any atom is 0.332 e. The third-order valence-electron chi connectivity index (χ3n) is 5.03. The van der Waals surface area contributed by atoms with Gasteiger partial charge in [0.15, 0.2) is 11.5 Å². The van der Waals surface area contributed by atoms with E-state index < -0.39 is 0 Å². The van der Waals surface area contributed by atoms with Crippen LogP contribution in [0.2, 0.25) is 0 Å². The Morgan fingerprint density at radius 2 is 2.04 bits per heavy atom. The van der Waals surface area contributed by atoms with Crippen LogP contribution in [-0.2, 0) is 20.5 Å². The molecule has 1 aliphatic heterocycles. The van der Waals surface area contributed by atoms with Crippen molar-refractivity contribution in [3.8, 4) is 11.5 Å². The lowest BCUT2D eigenvalue weighted by molar-refractivity contribution is 0.163. The van der Waals surface area contributed by atoms with Gasteiger partial charge in [-0.25, -0.2) is 4.79 Å². The number of ether oxygens (including phenoxy) is 2. The van der Waals surface area contributed by atoms with Crippen molar-refractivity contribution in [1.29, 1.82) is 0 Å². The molecule has 2 N–H and O–H groups in total. The van der Waals surface area contributed by atoms with Crippen LogP contribution in [0.4, 0.5) is 5.82 Å². The van der Waals surface area contributed by atoms with Crippen molar-refractivity contribution in [3.05, 3.63) is 50.7 Å². The zero-order chi connectivity index (χ0) is 20.1. The molecule has 1 atom stereocenters. The fourth-order valence-electron chi connectivity index (χ4n) is 3.33. The number of rotatable bonds is 8. The van der Waals surface area contributed by atoms with Gasteiger partial charge in [-0.2, -0.15) is 0 Å². The molecule has 0 spiro atoms. The van der Waals surface area contributed by atoms with E-state index in [2.05, 4.69) is 16.7 Å². The first-order valence-electron chi connectivity index (χ1n) is 9.55. The van der Waals surface area contributed by atoms with Crippen molar-refractivity contribution in [3.63, 3.8) is 0 Å². The molecule has 0 saturated heterocycles. The molecule has 0 fully saturated rings. The zero-order valence-corrected chi connectivity index (χ0v) is 16.7. The molecular weight excluding hydrogens is 360 g/mol. The van der Waals surface area contributed by atoms with Gasteiger partial charge in [0, 0.05) is 33.3 Å². The smallest absolute Gasteiger partial charge is 0.332 e. The number of methoxy groups -OCH3 is 1. The minimum atomic E-state index is -0.335. The van der Waals surface area contributed by atoms with E-state index in [1.165, 1.54) is 23.2 Å². The first-order chi connectivity index (χ1) is 13.5. The largest absolute Gasteiger partial charge is 0.493 e. The number of fused-ring (bicyclic) bond motifs is 1. The van der Waals surface area contributed by atoms with Gasteiger partial charge in [-0.05, 0) is 37.4 Å². The lowest BCUT2D eigenvalue weighted by Crippen LogP contribution is -2.37. The number of anilines is 1. The second kappa shape index (κ2) is 8.97. The summed E-state index contributed by atoms with van der Waals surface area (Å²) in [6.07, 6.45) is 2.93. The number of hydrogen-bond acceptors (Lipinski definition) is 6. The van der Waals surface area contributed by atoms with Crippen molar-refractivity contribution < 1.29 is 9.47 Å². The molecule has 1 aromatic heterocycles. The summed E-state index contributed by atoms with van der Waals surface area (Å²) in [5, 5.41) is 6.57. The van der Waals surface area contributed by atoms with Crippen LogP contribution in [-0.4, -0.2) is 42.0 Å². The monoisotopic (exact) mass is 388 g/mol. The van der Waals surface area contributed by atoms with Crippen molar-refractivity contribution in [2.75, 3.05) is 32.1 Å². The molecule has 0 radical (unpaired) electrons. The highest BCUT2D eigenvalue weighted by Crippen LogP contribution is 2.36. The Morgan fingerprint density at radius 1 is 1.21 bits per heavy atom. The average molecular weight is 388 g/mol. The van der Waals surface area contributed by atoms with Crippen molar-refractivity contribution in [2.45, 2.75) is 25.4 Å². The number of benzene rings is 1. The maximum atomic E-state index is 11.9. The van der Waals surface area contributed by atoms with Crippen molar-refractivity contribution >= 4 is 5.82 Å². The van der Waals surface area contributed by atoms with Crippen LogP contribution in [0, 0.1) is 0 Å². The third-order valence-corrected chi connectivity index (χ3v) is 5.03. The predicted octanol–water partition coefficient (Wildman–Crippen LogP) is 0.878. The molecular formula is C20H28N4O4. The molecule has 152 valence electrons. The van der Waals surface area contributed by atoms with Gasteiger partial charge in [-0.15, -0.1) is 0 Å². The van der Waals surface area contributed by atoms with Gasteiger partial charge in [-0.1, -0.05) is 12.1 Å². The first kappa shape index (κ1) is 20.0. The average Bonchev–Trinajstić information content (AvgIpc) is 2.71. The standard InChI is InChI=1S/C20H28N4O4/c1-23-17(12-18(25)24(2)20(23)26)22-11-5-10-21-13-15-9-8-14-6-4-7-16(27-3)19(14)28-15/h4,6-7,12,15,21-22H,5,8-11,13H2,1-3H3. The molecule has 1 aliphatic rings. The number of aromatic nitrogens is 2. The predicted molar refractivity (Wildman–Crippen MR) is 109 cm³/mol. The van der Waals surface area contributed by atoms with Gasteiger partial charge < -0.3 is 20.1 Å². The first-order valence-corrected chi connectivity index (χ1v) is 9.55. The molecule has 2 heterocycles. The van der Waals surface area contributed by atoms with Gasteiger partial charge in [0.05, 0.1) is 7.11 Å². The van der Waals surface area contributed by atoms with Crippen LogP contribution < -0.4 is 31.4 Å². The normalized spacial score (nSPS) is 15.6. The van der Waals surface area contributed by atoms with Crippen LogP contribution in [0.25, 0.3) is 0 Å². The molecule has 28 heavy (non-hydrogen) atoms. The summed E-state index contributed by atoms with van der Waals surface area (Å²) in [7, 11) is 4.78. The highest BCUT2D eigenvalue weighted by molar-refractivity contribution is 5.47. The third kappa shape index (κ3) is 4.39. The Kier molecular flexibility index (Phi) is 6.41. The summed E-state index contributed by atoms with van der Waals surface area (Å²) >= 11 is 0. The zero-order valence-electron chi connectivity index (χ0n) is 16.7. The van der Waals surface area contributed by atoms with Crippen LogP contribution in [0.5, 0.6) is 11.5 Å². The van der Waals surface area contributed by atoms with E-state index in [-0.39, 0.29) is 17.4 Å². The number of aryl methyl sites for hydroxylation is 1. The summed E-state index contributed by atoms with van der Waals surface area (Å²) < 4.78 is 14.0. The topological polar surface area (TPSA) is 86.5 Å². The lowest BCUT2D eigenvalue weighted by atomic mass is 10.0. The van der Waals surface area contributed by atoms with Crippen molar-refractivity contribution in [1.82, 2.24) is 14.5 Å². The van der Waals surface area contributed by atoms with Crippen LogP contribution in [0.1, 0.15) is 18.4 Å². The summed E-state index contributed by atoms with van der Waals surface area (Å²) in [5.41, 5.74) is 0.548. The number of nitrogens with zero attached hydrogens (tertiary/aromatic N) is 2. The number of para-hydroxylation sites is 1. The molecule has 8 heteroatoms. The van der Waals surface area contributed by atoms with Gasteiger partial charge in [0.2, 0.25) is 0 Å². The molecule has 1 aromatic carbocycles. The van der Waals surface area contributed by atoms with E-state index in [4.69, 9.17) is 9.47 Å². The van der Waals surface area contributed by atoms with E-state index >= 15 is 0 Å². The minimum absolute atomic E-state index is 0.120. The van der Waals surface area contributed by atoms with E-state index in [1.807, 2.05) is 12.1 Å². The second-order valence-electron chi connectivity index (χ2n) is 6.98. The fourth-order valence-corrected chi connectivity index (χ4v) is 3.33. The van der Waals surface area contributed by atoms with Crippen LogP contribution in [0.15, 0.2) is 33.9 Å². The van der Waals surface area contributed by atoms with Gasteiger partial charge in [-0.3, -0.25) is 13.9 Å². The molecule has 8 nitrogen and oxygen atoms in total. The Labute approximate surface area is 164 Å². The summed E-state index contributed by atoms with van der Waals surface area (Å²) in [6, 6.07) is 7.43. The second-order valence-corrected chi connectivity index (χ2v) is 6.98.